The number of hydrogen-bond acceptors (Lipinski definition) is 6. The van der Waals surface area contributed by atoms with Gasteiger partial charge in [0.05, 0.1) is 7.11 Å². The van der Waals surface area contributed by atoms with Crippen molar-refractivity contribution >= 4 is 23.9 Å². The van der Waals surface area contributed by atoms with Gasteiger partial charge in [0.15, 0.2) is 0 Å². The molecule has 222 valence electrons. The zero-order chi connectivity index (χ0) is 30.6. The number of amides is 3. The summed E-state index contributed by atoms with van der Waals surface area (Å²) in [5, 5.41) is 5.34. The van der Waals surface area contributed by atoms with Gasteiger partial charge in [-0.3, -0.25) is 14.4 Å². The molecule has 0 radical (unpaired) electrons. The standard InChI is InChI=1S/C31H47N3O6/c1-11-23-14-12-13-15-24(23)27(28(36)32-19-26(35)39-10)34(22(6)17-16-20(2)3)29(37)25(18-21(4)5)33-30(38)40-31(7,8)9/h1,12-15,20-22,25,27H,16-19H2,2-10H3,(H,32,36)(H,33,38). The smallest absolute Gasteiger partial charge is 0.408 e. The first kappa shape index (κ1) is 34.5. The minimum absolute atomic E-state index is 0.0429. The second-order valence-electron chi connectivity index (χ2n) is 11.8. The van der Waals surface area contributed by atoms with Crippen LogP contribution < -0.4 is 10.6 Å². The van der Waals surface area contributed by atoms with Crippen LogP contribution in [0.1, 0.15) is 91.8 Å². The molecule has 1 aromatic carbocycles. The Morgan fingerprint density at radius 2 is 1.62 bits per heavy atom. The molecular weight excluding hydrogens is 510 g/mol. The highest BCUT2D eigenvalue weighted by atomic mass is 16.6. The van der Waals surface area contributed by atoms with Crippen LogP contribution in [0.4, 0.5) is 4.79 Å². The summed E-state index contributed by atoms with van der Waals surface area (Å²) in [5.41, 5.74) is 0.120. The largest absolute Gasteiger partial charge is 0.468 e. The lowest BCUT2D eigenvalue weighted by atomic mass is 9.93. The normalized spacial score (nSPS) is 13.6. The lowest BCUT2D eigenvalue weighted by Crippen LogP contribution is -2.56. The van der Waals surface area contributed by atoms with Gasteiger partial charge in [-0.25, -0.2) is 4.79 Å². The van der Waals surface area contributed by atoms with Crippen molar-refractivity contribution in [2.75, 3.05) is 13.7 Å². The van der Waals surface area contributed by atoms with Crippen LogP contribution >= 0.6 is 0 Å². The average molecular weight is 558 g/mol. The molecule has 0 bridgehead atoms. The van der Waals surface area contributed by atoms with E-state index in [2.05, 4.69) is 35.1 Å². The molecule has 0 saturated carbocycles. The fraction of sp³-hybridized carbons (Fsp3) is 0.613. The molecule has 9 nitrogen and oxygen atoms in total. The highest BCUT2D eigenvalue weighted by Gasteiger charge is 2.40. The first-order valence-electron chi connectivity index (χ1n) is 13.8. The van der Waals surface area contributed by atoms with E-state index >= 15 is 0 Å². The number of benzene rings is 1. The molecular formula is C31H47N3O6. The van der Waals surface area contributed by atoms with E-state index in [0.717, 1.165) is 6.42 Å². The molecule has 1 aromatic rings. The summed E-state index contributed by atoms with van der Waals surface area (Å²) in [7, 11) is 1.22. The van der Waals surface area contributed by atoms with Crippen LogP contribution in [0.3, 0.4) is 0 Å². The van der Waals surface area contributed by atoms with E-state index in [1.807, 2.05) is 20.8 Å². The van der Waals surface area contributed by atoms with Gasteiger partial charge < -0.3 is 25.0 Å². The molecule has 0 saturated heterocycles. The molecule has 0 spiro atoms. The topological polar surface area (TPSA) is 114 Å². The van der Waals surface area contributed by atoms with Gasteiger partial charge >= 0.3 is 12.1 Å². The van der Waals surface area contributed by atoms with Gasteiger partial charge in [-0.1, -0.05) is 51.8 Å². The third-order valence-corrected chi connectivity index (χ3v) is 6.16. The zero-order valence-corrected chi connectivity index (χ0v) is 25.5. The molecule has 0 aromatic heterocycles. The van der Waals surface area contributed by atoms with Crippen molar-refractivity contribution in [3.8, 4) is 12.3 Å². The van der Waals surface area contributed by atoms with Crippen LogP contribution in [0.2, 0.25) is 0 Å². The highest BCUT2D eigenvalue weighted by Crippen LogP contribution is 2.30. The maximum atomic E-state index is 14.4. The number of ether oxygens (including phenoxy) is 2. The number of carbonyl (C=O) groups excluding carboxylic acids is 4. The number of hydrogen-bond donors (Lipinski definition) is 2. The van der Waals surface area contributed by atoms with E-state index in [0.29, 0.717) is 29.9 Å². The number of terminal acetylenes is 1. The lowest BCUT2D eigenvalue weighted by Gasteiger charge is -2.39. The average Bonchev–Trinajstić information content (AvgIpc) is 2.86. The number of nitrogens with zero attached hydrogens (tertiary/aromatic N) is 1. The molecule has 3 unspecified atom stereocenters. The Morgan fingerprint density at radius 1 is 1.00 bits per heavy atom. The predicted molar refractivity (Wildman–Crippen MR) is 155 cm³/mol. The zero-order valence-electron chi connectivity index (χ0n) is 25.5. The van der Waals surface area contributed by atoms with Gasteiger partial charge in [0.25, 0.3) is 0 Å². The predicted octanol–water partition coefficient (Wildman–Crippen LogP) is 4.59. The van der Waals surface area contributed by atoms with Crippen molar-refractivity contribution < 1.29 is 28.7 Å². The quantitative estimate of drug-likeness (QED) is 0.271. The van der Waals surface area contributed by atoms with E-state index in [1.54, 1.807) is 45.0 Å². The van der Waals surface area contributed by atoms with Crippen molar-refractivity contribution in [2.45, 2.75) is 98.4 Å². The number of methoxy groups -OCH3 is 1. The van der Waals surface area contributed by atoms with Crippen molar-refractivity contribution in [1.82, 2.24) is 15.5 Å². The van der Waals surface area contributed by atoms with Gasteiger partial charge in [-0.05, 0) is 70.4 Å². The Labute approximate surface area is 239 Å². The maximum absolute atomic E-state index is 14.4. The molecule has 40 heavy (non-hydrogen) atoms. The minimum Gasteiger partial charge on any atom is -0.468 e. The fourth-order valence-electron chi connectivity index (χ4n) is 4.25. The Hall–Kier alpha value is -3.54. The van der Waals surface area contributed by atoms with Crippen LogP contribution in [0.5, 0.6) is 0 Å². The van der Waals surface area contributed by atoms with Crippen LogP contribution in [0.25, 0.3) is 0 Å². The van der Waals surface area contributed by atoms with E-state index in [9.17, 15) is 19.2 Å². The van der Waals surface area contributed by atoms with E-state index in [4.69, 9.17) is 11.2 Å². The number of rotatable bonds is 13. The molecule has 3 amide bonds. The molecule has 9 heteroatoms. The SMILES string of the molecule is C#Cc1ccccc1C(C(=O)NCC(=O)OC)N(C(=O)C(CC(C)C)NC(=O)OC(C)(C)C)C(C)CCC(C)C. The summed E-state index contributed by atoms with van der Waals surface area (Å²) in [6.07, 6.45) is 6.79. The Morgan fingerprint density at radius 3 is 2.15 bits per heavy atom. The second-order valence-corrected chi connectivity index (χ2v) is 11.8. The molecule has 0 fully saturated rings. The third-order valence-electron chi connectivity index (χ3n) is 6.16. The Kier molecular flexibility index (Phi) is 13.7. The van der Waals surface area contributed by atoms with Crippen molar-refractivity contribution in [1.29, 1.82) is 0 Å². The summed E-state index contributed by atoms with van der Waals surface area (Å²) in [4.78, 5) is 54.3. The molecule has 0 heterocycles. The molecule has 3 atom stereocenters. The second kappa shape index (κ2) is 15.9. The van der Waals surface area contributed by atoms with E-state index in [1.165, 1.54) is 12.0 Å². The summed E-state index contributed by atoms with van der Waals surface area (Å²) < 4.78 is 10.1. The number of nitrogens with one attached hydrogen (secondary N) is 2. The Balaban J connectivity index is 3.72. The number of alkyl carbamates (subject to hydrolysis) is 1. The van der Waals surface area contributed by atoms with Crippen molar-refractivity contribution in [2.24, 2.45) is 11.8 Å². The Bertz CT molecular complexity index is 1050. The minimum atomic E-state index is -1.17. The van der Waals surface area contributed by atoms with Gasteiger partial charge in [0.1, 0.15) is 24.2 Å². The molecule has 0 aliphatic heterocycles. The first-order chi connectivity index (χ1) is 18.6. The molecule has 0 aliphatic carbocycles. The first-order valence-corrected chi connectivity index (χ1v) is 13.8. The number of carbonyl (C=O) groups is 4. The third kappa shape index (κ3) is 11.3. The van der Waals surface area contributed by atoms with Gasteiger partial charge in [0, 0.05) is 11.6 Å². The van der Waals surface area contributed by atoms with Crippen LogP contribution in [-0.4, -0.2) is 60.1 Å². The van der Waals surface area contributed by atoms with E-state index < -0.39 is 47.6 Å². The van der Waals surface area contributed by atoms with Crippen molar-refractivity contribution in [3.63, 3.8) is 0 Å². The summed E-state index contributed by atoms with van der Waals surface area (Å²) in [6.45, 7) is 14.8. The monoisotopic (exact) mass is 557 g/mol. The number of esters is 1. The van der Waals surface area contributed by atoms with Crippen LogP contribution in [0.15, 0.2) is 24.3 Å². The molecule has 1 rings (SSSR count). The van der Waals surface area contributed by atoms with Gasteiger partial charge in [0.2, 0.25) is 11.8 Å². The van der Waals surface area contributed by atoms with Crippen LogP contribution in [0, 0.1) is 24.2 Å². The molecule has 0 aliphatic rings. The maximum Gasteiger partial charge on any atom is 0.408 e. The summed E-state index contributed by atoms with van der Waals surface area (Å²) >= 11 is 0. The highest BCUT2D eigenvalue weighted by molar-refractivity contribution is 5.93. The van der Waals surface area contributed by atoms with Gasteiger partial charge in [-0.2, -0.15) is 0 Å². The van der Waals surface area contributed by atoms with Crippen molar-refractivity contribution in [3.05, 3.63) is 35.4 Å². The lowest BCUT2D eigenvalue weighted by molar-refractivity contribution is -0.147. The molecule has 2 N–H and O–H groups in total. The fourth-order valence-corrected chi connectivity index (χ4v) is 4.25. The summed E-state index contributed by atoms with van der Waals surface area (Å²) in [5.74, 6) is 1.35. The summed E-state index contributed by atoms with van der Waals surface area (Å²) in [6, 6.07) is 4.34. The van der Waals surface area contributed by atoms with E-state index in [-0.39, 0.29) is 12.5 Å². The van der Waals surface area contributed by atoms with Gasteiger partial charge in [-0.15, -0.1) is 6.42 Å². The van der Waals surface area contributed by atoms with Crippen LogP contribution in [-0.2, 0) is 23.9 Å².